The maximum atomic E-state index is 13.4. The molecule has 3 heterocycles. The first-order valence-electron chi connectivity index (χ1n) is 12.7. The van der Waals surface area contributed by atoms with Crippen LogP contribution in [0.3, 0.4) is 0 Å². The molecule has 1 N–H and O–H groups in total. The molecule has 0 bridgehead atoms. The number of tetrazole rings is 1. The Morgan fingerprint density at radius 3 is 2.65 bits per heavy atom. The van der Waals surface area contributed by atoms with E-state index in [4.69, 9.17) is 4.74 Å². The average molecular weight is 466 g/mol. The van der Waals surface area contributed by atoms with Gasteiger partial charge in [0.1, 0.15) is 11.8 Å². The average Bonchev–Trinajstić information content (AvgIpc) is 3.53. The minimum absolute atomic E-state index is 0.0846. The Kier molecular flexibility index (Phi) is 6.92. The SMILES string of the molecule is CCCN1CCN(C(c2cc3cc(OCC)ccc3[nH]c2=O)c2nnnn2C2CCCC2)CC1. The number of ether oxygens (including phenoxy) is 1. The van der Waals surface area contributed by atoms with E-state index in [2.05, 4.69) is 37.2 Å². The van der Waals surface area contributed by atoms with Crippen molar-refractivity contribution in [2.24, 2.45) is 0 Å². The summed E-state index contributed by atoms with van der Waals surface area (Å²) < 4.78 is 7.71. The lowest BCUT2D eigenvalue weighted by molar-refractivity contribution is 0.103. The molecular formula is C25H35N7O2. The number of aromatic amines is 1. The van der Waals surface area contributed by atoms with Gasteiger partial charge in [0.05, 0.1) is 12.6 Å². The summed E-state index contributed by atoms with van der Waals surface area (Å²) in [7, 11) is 0. The Bertz CT molecular complexity index is 1160. The van der Waals surface area contributed by atoms with E-state index >= 15 is 0 Å². The standard InChI is InChI=1S/C25H35N7O2/c1-3-11-30-12-14-31(15-13-30)23(24-27-28-29-32(24)19-7-5-6-8-19)21-17-18-16-20(34-4-2)9-10-22(18)26-25(21)33/h9-10,16-17,19,23H,3-8,11-15H2,1-2H3,(H,26,33). The third-order valence-corrected chi connectivity index (χ3v) is 7.20. The van der Waals surface area contributed by atoms with Crippen LogP contribution in [0.15, 0.2) is 29.1 Å². The molecule has 5 rings (SSSR count). The van der Waals surface area contributed by atoms with E-state index in [1.165, 1.54) is 12.8 Å². The summed E-state index contributed by atoms with van der Waals surface area (Å²) in [6, 6.07) is 7.82. The van der Waals surface area contributed by atoms with Gasteiger partial charge in [0.15, 0.2) is 5.82 Å². The Morgan fingerprint density at radius 2 is 1.91 bits per heavy atom. The monoisotopic (exact) mass is 465 g/mol. The largest absolute Gasteiger partial charge is 0.494 e. The lowest BCUT2D eigenvalue weighted by Gasteiger charge is -2.38. The second kappa shape index (κ2) is 10.2. The number of rotatable bonds is 8. The highest BCUT2D eigenvalue weighted by Crippen LogP contribution is 2.34. The molecule has 2 aliphatic rings. The summed E-state index contributed by atoms with van der Waals surface area (Å²) in [6.45, 7) is 9.61. The quantitative estimate of drug-likeness (QED) is 0.546. The minimum atomic E-state index is -0.289. The molecule has 2 fully saturated rings. The van der Waals surface area contributed by atoms with Crippen LogP contribution in [-0.2, 0) is 0 Å². The van der Waals surface area contributed by atoms with Crippen molar-refractivity contribution < 1.29 is 4.74 Å². The Morgan fingerprint density at radius 1 is 1.12 bits per heavy atom. The lowest BCUT2D eigenvalue weighted by Crippen LogP contribution is -2.49. The molecule has 3 aromatic rings. The van der Waals surface area contributed by atoms with E-state index in [1.807, 2.05) is 35.9 Å². The number of aromatic nitrogens is 5. The molecule has 182 valence electrons. The summed E-state index contributed by atoms with van der Waals surface area (Å²) >= 11 is 0. The predicted molar refractivity (Wildman–Crippen MR) is 131 cm³/mol. The van der Waals surface area contributed by atoms with Crippen LogP contribution in [0.4, 0.5) is 0 Å². The van der Waals surface area contributed by atoms with Crippen molar-refractivity contribution in [2.45, 2.75) is 58.0 Å². The number of benzene rings is 1. The number of nitrogens with zero attached hydrogens (tertiary/aromatic N) is 6. The highest BCUT2D eigenvalue weighted by Gasteiger charge is 2.34. The molecule has 1 aliphatic carbocycles. The van der Waals surface area contributed by atoms with Crippen molar-refractivity contribution in [2.75, 3.05) is 39.3 Å². The van der Waals surface area contributed by atoms with Gasteiger partial charge in [0.25, 0.3) is 5.56 Å². The highest BCUT2D eigenvalue weighted by atomic mass is 16.5. The van der Waals surface area contributed by atoms with Crippen LogP contribution in [0.2, 0.25) is 0 Å². The van der Waals surface area contributed by atoms with Crippen LogP contribution in [0.25, 0.3) is 10.9 Å². The number of H-pyrrole nitrogens is 1. The van der Waals surface area contributed by atoms with Crippen molar-refractivity contribution in [3.8, 4) is 5.75 Å². The van der Waals surface area contributed by atoms with Crippen LogP contribution < -0.4 is 10.3 Å². The van der Waals surface area contributed by atoms with Crippen LogP contribution in [-0.4, -0.2) is 74.3 Å². The normalized spacial score (nSPS) is 19.1. The second-order valence-electron chi connectivity index (χ2n) is 9.44. The van der Waals surface area contributed by atoms with Gasteiger partial charge in [-0.3, -0.25) is 9.69 Å². The van der Waals surface area contributed by atoms with E-state index < -0.39 is 0 Å². The van der Waals surface area contributed by atoms with E-state index in [0.717, 1.165) is 74.5 Å². The first-order valence-corrected chi connectivity index (χ1v) is 12.7. The van der Waals surface area contributed by atoms with Crippen molar-refractivity contribution in [1.82, 2.24) is 35.0 Å². The zero-order chi connectivity index (χ0) is 23.5. The van der Waals surface area contributed by atoms with Crippen LogP contribution >= 0.6 is 0 Å². The number of piperazine rings is 1. The molecule has 0 amide bonds. The van der Waals surface area contributed by atoms with Crippen molar-refractivity contribution in [1.29, 1.82) is 0 Å². The van der Waals surface area contributed by atoms with Gasteiger partial charge in [-0.25, -0.2) is 4.68 Å². The molecule has 1 aliphatic heterocycles. The number of hydrogen-bond acceptors (Lipinski definition) is 7. The fourth-order valence-corrected chi connectivity index (χ4v) is 5.51. The van der Waals surface area contributed by atoms with Crippen molar-refractivity contribution in [3.63, 3.8) is 0 Å². The smallest absolute Gasteiger partial charge is 0.253 e. The molecule has 0 spiro atoms. The van der Waals surface area contributed by atoms with E-state index in [9.17, 15) is 4.79 Å². The first kappa shape index (κ1) is 23.0. The number of pyridine rings is 1. The zero-order valence-corrected chi connectivity index (χ0v) is 20.2. The second-order valence-corrected chi connectivity index (χ2v) is 9.44. The summed E-state index contributed by atoms with van der Waals surface area (Å²) in [6.07, 6.45) is 5.71. The van der Waals surface area contributed by atoms with Gasteiger partial charge in [0.2, 0.25) is 0 Å². The Labute approximate surface area is 200 Å². The van der Waals surface area contributed by atoms with Gasteiger partial charge in [-0.1, -0.05) is 19.8 Å². The molecule has 1 saturated carbocycles. The van der Waals surface area contributed by atoms with Gasteiger partial charge in [0, 0.05) is 42.6 Å². The van der Waals surface area contributed by atoms with Gasteiger partial charge in [-0.2, -0.15) is 0 Å². The third kappa shape index (κ3) is 4.59. The molecule has 1 saturated heterocycles. The lowest BCUT2D eigenvalue weighted by atomic mass is 10.0. The van der Waals surface area contributed by atoms with Crippen LogP contribution in [0.5, 0.6) is 5.75 Å². The third-order valence-electron chi connectivity index (χ3n) is 7.20. The molecule has 9 heteroatoms. The minimum Gasteiger partial charge on any atom is -0.494 e. The maximum absolute atomic E-state index is 13.4. The Hall–Kier alpha value is -2.78. The summed E-state index contributed by atoms with van der Waals surface area (Å²) in [5.74, 6) is 1.58. The van der Waals surface area contributed by atoms with Crippen molar-refractivity contribution in [3.05, 3.63) is 46.0 Å². The molecule has 1 aromatic carbocycles. The first-order chi connectivity index (χ1) is 16.7. The van der Waals surface area contributed by atoms with Gasteiger partial charge < -0.3 is 14.6 Å². The van der Waals surface area contributed by atoms with Gasteiger partial charge >= 0.3 is 0 Å². The van der Waals surface area contributed by atoms with Crippen molar-refractivity contribution >= 4 is 10.9 Å². The van der Waals surface area contributed by atoms with Crippen LogP contribution in [0.1, 0.15) is 69.4 Å². The number of hydrogen-bond donors (Lipinski definition) is 1. The molecule has 34 heavy (non-hydrogen) atoms. The molecule has 9 nitrogen and oxygen atoms in total. The fraction of sp³-hybridized carbons (Fsp3) is 0.600. The molecule has 1 unspecified atom stereocenters. The van der Waals surface area contributed by atoms with E-state index in [1.54, 1.807) is 0 Å². The van der Waals surface area contributed by atoms with Crippen LogP contribution in [0, 0.1) is 0 Å². The Balaban J connectivity index is 1.57. The molecule has 1 atom stereocenters. The zero-order valence-electron chi connectivity index (χ0n) is 20.2. The summed E-state index contributed by atoms with van der Waals surface area (Å²) in [5.41, 5.74) is 1.41. The number of nitrogens with one attached hydrogen (secondary N) is 1. The highest BCUT2D eigenvalue weighted by molar-refractivity contribution is 5.80. The van der Waals surface area contributed by atoms with E-state index in [-0.39, 0.29) is 11.6 Å². The number of fused-ring (bicyclic) bond motifs is 1. The topological polar surface area (TPSA) is 92.2 Å². The summed E-state index contributed by atoms with van der Waals surface area (Å²) in [4.78, 5) is 21.4. The molecule has 2 aromatic heterocycles. The molecule has 0 radical (unpaired) electrons. The van der Waals surface area contributed by atoms with Gasteiger partial charge in [-0.15, -0.1) is 5.10 Å². The summed E-state index contributed by atoms with van der Waals surface area (Å²) in [5, 5.41) is 13.9. The molecular weight excluding hydrogens is 430 g/mol. The predicted octanol–water partition coefficient (Wildman–Crippen LogP) is 3.15. The van der Waals surface area contributed by atoms with E-state index in [0.29, 0.717) is 18.2 Å². The van der Waals surface area contributed by atoms with Gasteiger partial charge in [-0.05, 0) is 67.4 Å². The maximum Gasteiger partial charge on any atom is 0.253 e. The fourth-order valence-electron chi connectivity index (χ4n) is 5.51.